The molecule has 0 spiro atoms. The van der Waals surface area contributed by atoms with Gasteiger partial charge in [-0.3, -0.25) is 25.2 Å². The molecule has 0 saturated carbocycles. The monoisotopic (exact) mass is 425 g/mol. The van der Waals surface area contributed by atoms with Gasteiger partial charge in [0.05, 0.1) is 13.0 Å². The van der Waals surface area contributed by atoms with Crippen LogP contribution < -0.4 is 25.2 Å². The van der Waals surface area contributed by atoms with Crippen LogP contribution in [-0.4, -0.2) is 37.0 Å². The maximum atomic E-state index is 12.2. The number of hydrazine groups is 1. The lowest BCUT2D eigenvalue weighted by Gasteiger charge is -2.16. The molecular formula is C23H27N3O5. The first-order chi connectivity index (χ1) is 15.0. The average molecular weight is 425 g/mol. The number of hydrogen-bond donors (Lipinski definition) is 2. The number of amides is 3. The Hall–Kier alpha value is -3.55. The first-order valence-electron chi connectivity index (χ1n) is 10.3. The average Bonchev–Trinajstić information content (AvgIpc) is 3.20. The summed E-state index contributed by atoms with van der Waals surface area (Å²) in [6.07, 6.45) is 0.743. The van der Waals surface area contributed by atoms with Gasteiger partial charge in [0, 0.05) is 18.7 Å². The molecule has 0 aliphatic carbocycles. The molecule has 0 aromatic heterocycles. The maximum absolute atomic E-state index is 12.2. The normalized spacial score (nSPS) is 14.1. The Labute approximate surface area is 181 Å². The van der Waals surface area contributed by atoms with Crippen molar-refractivity contribution < 1.29 is 23.9 Å². The van der Waals surface area contributed by atoms with E-state index >= 15 is 0 Å². The molecule has 0 bridgehead atoms. The number of rotatable bonds is 8. The van der Waals surface area contributed by atoms with E-state index in [2.05, 4.69) is 10.9 Å². The van der Waals surface area contributed by atoms with Gasteiger partial charge in [0.15, 0.2) is 6.10 Å². The quantitative estimate of drug-likeness (QED) is 0.633. The number of hydrogen-bond acceptors (Lipinski definition) is 5. The minimum absolute atomic E-state index is 0.0998. The standard InChI is InChI=1S/C23H27N3O5/c1-3-30-19-10-12-20(13-11-19)31-16(2)23(29)25-24-21(27)15-17-6-8-18(9-7-17)26-14-4-5-22(26)28/h6-13,16H,3-5,14-15H2,1-2H3,(H,24,27)(H,25,29)/t16-/m1/s1. The van der Waals surface area contributed by atoms with Crippen molar-refractivity contribution in [1.82, 2.24) is 10.9 Å². The molecule has 3 rings (SSSR count). The highest BCUT2D eigenvalue weighted by Crippen LogP contribution is 2.22. The molecule has 2 N–H and O–H groups in total. The second kappa shape index (κ2) is 10.5. The number of carbonyl (C=O) groups is 3. The van der Waals surface area contributed by atoms with Gasteiger partial charge in [0.25, 0.3) is 5.91 Å². The van der Waals surface area contributed by atoms with Gasteiger partial charge in [-0.1, -0.05) is 12.1 Å². The van der Waals surface area contributed by atoms with E-state index in [1.165, 1.54) is 0 Å². The van der Waals surface area contributed by atoms with Crippen LogP contribution in [0.1, 0.15) is 32.3 Å². The highest BCUT2D eigenvalue weighted by atomic mass is 16.5. The van der Waals surface area contributed by atoms with Crippen LogP contribution in [-0.2, 0) is 20.8 Å². The van der Waals surface area contributed by atoms with E-state index in [0.717, 1.165) is 30.0 Å². The predicted molar refractivity (Wildman–Crippen MR) is 116 cm³/mol. The van der Waals surface area contributed by atoms with E-state index < -0.39 is 12.0 Å². The number of nitrogens with one attached hydrogen (secondary N) is 2. The minimum atomic E-state index is -0.796. The summed E-state index contributed by atoms with van der Waals surface area (Å²) in [4.78, 5) is 37.9. The molecule has 1 aliphatic rings. The molecule has 2 aromatic carbocycles. The largest absolute Gasteiger partial charge is 0.494 e. The Morgan fingerprint density at radius 3 is 2.32 bits per heavy atom. The van der Waals surface area contributed by atoms with Crippen LogP contribution in [0, 0.1) is 0 Å². The summed E-state index contributed by atoms with van der Waals surface area (Å²) in [7, 11) is 0. The topological polar surface area (TPSA) is 97.0 Å². The summed E-state index contributed by atoms with van der Waals surface area (Å²) in [5, 5.41) is 0. The summed E-state index contributed by atoms with van der Waals surface area (Å²) in [5.74, 6) is 0.541. The fourth-order valence-corrected chi connectivity index (χ4v) is 3.22. The molecule has 1 heterocycles. The van der Waals surface area contributed by atoms with E-state index in [0.29, 0.717) is 18.8 Å². The van der Waals surface area contributed by atoms with Crippen molar-refractivity contribution in [2.24, 2.45) is 0 Å². The second-order valence-corrected chi connectivity index (χ2v) is 7.19. The van der Waals surface area contributed by atoms with Crippen molar-refractivity contribution in [3.8, 4) is 11.5 Å². The highest BCUT2D eigenvalue weighted by molar-refractivity contribution is 5.95. The molecule has 0 radical (unpaired) electrons. The number of anilines is 1. The molecule has 31 heavy (non-hydrogen) atoms. The SMILES string of the molecule is CCOc1ccc(O[C@H](C)C(=O)NNC(=O)Cc2ccc(N3CCCC3=O)cc2)cc1. The summed E-state index contributed by atoms with van der Waals surface area (Å²) >= 11 is 0. The Bertz CT molecular complexity index is 912. The smallest absolute Gasteiger partial charge is 0.279 e. The van der Waals surface area contributed by atoms with Crippen molar-refractivity contribution in [2.75, 3.05) is 18.1 Å². The summed E-state index contributed by atoms with van der Waals surface area (Å²) in [6, 6.07) is 14.2. The second-order valence-electron chi connectivity index (χ2n) is 7.19. The van der Waals surface area contributed by atoms with Gasteiger partial charge >= 0.3 is 0 Å². The van der Waals surface area contributed by atoms with Gasteiger partial charge in [-0.25, -0.2) is 0 Å². The Morgan fingerprint density at radius 2 is 1.71 bits per heavy atom. The number of benzene rings is 2. The van der Waals surface area contributed by atoms with Crippen molar-refractivity contribution in [3.05, 3.63) is 54.1 Å². The number of carbonyl (C=O) groups excluding carboxylic acids is 3. The van der Waals surface area contributed by atoms with E-state index in [4.69, 9.17) is 9.47 Å². The van der Waals surface area contributed by atoms with Crippen LogP contribution in [0.4, 0.5) is 5.69 Å². The summed E-state index contributed by atoms with van der Waals surface area (Å²) in [6.45, 7) is 4.79. The van der Waals surface area contributed by atoms with Crippen LogP contribution >= 0.6 is 0 Å². The molecule has 0 unspecified atom stereocenters. The van der Waals surface area contributed by atoms with Crippen LogP contribution in [0.5, 0.6) is 11.5 Å². The number of ether oxygens (including phenoxy) is 2. The zero-order chi connectivity index (χ0) is 22.2. The van der Waals surface area contributed by atoms with Crippen molar-refractivity contribution in [3.63, 3.8) is 0 Å². The van der Waals surface area contributed by atoms with Crippen LogP contribution in [0.25, 0.3) is 0 Å². The zero-order valence-corrected chi connectivity index (χ0v) is 17.7. The Balaban J connectivity index is 1.43. The molecule has 1 atom stereocenters. The molecule has 164 valence electrons. The van der Waals surface area contributed by atoms with Crippen LogP contribution in [0.2, 0.25) is 0 Å². The third-order valence-electron chi connectivity index (χ3n) is 4.83. The third-order valence-corrected chi connectivity index (χ3v) is 4.83. The molecule has 8 nitrogen and oxygen atoms in total. The fraction of sp³-hybridized carbons (Fsp3) is 0.348. The maximum Gasteiger partial charge on any atom is 0.279 e. The van der Waals surface area contributed by atoms with E-state index in [1.54, 1.807) is 48.2 Å². The highest BCUT2D eigenvalue weighted by Gasteiger charge is 2.21. The third kappa shape index (κ3) is 6.21. The van der Waals surface area contributed by atoms with Gasteiger partial charge in [-0.05, 0) is 62.2 Å². The van der Waals surface area contributed by atoms with Gasteiger partial charge < -0.3 is 14.4 Å². The van der Waals surface area contributed by atoms with Crippen molar-refractivity contribution in [1.29, 1.82) is 0 Å². The van der Waals surface area contributed by atoms with E-state index in [-0.39, 0.29) is 18.2 Å². The lowest BCUT2D eigenvalue weighted by molar-refractivity contribution is -0.132. The molecule has 2 aromatic rings. The summed E-state index contributed by atoms with van der Waals surface area (Å²) in [5.41, 5.74) is 6.38. The molecule has 8 heteroatoms. The van der Waals surface area contributed by atoms with Gasteiger partial charge in [0.2, 0.25) is 11.8 Å². The van der Waals surface area contributed by atoms with Gasteiger partial charge in [-0.15, -0.1) is 0 Å². The fourth-order valence-electron chi connectivity index (χ4n) is 3.22. The summed E-state index contributed by atoms with van der Waals surface area (Å²) < 4.78 is 10.9. The Morgan fingerprint density at radius 1 is 1.03 bits per heavy atom. The Kier molecular flexibility index (Phi) is 7.48. The van der Waals surface area contributed by atoms with E-state index in [9.17, 15) is 14.4 Å². The predicted octanol–water partition coefficient (Wildman–Crippen LogP) is 2.37. The zero-order valence-electron chi connectivity index (χ0n) is 17.7. The molecular weight excluding hydrogens is 398 g/mol. The van der Waals surface area contributed by atoms with E-state index in [1.807, 2.05) is 19.1 Å². The first-order valence-corrected chi connectivity index (χ1v) is 10.3. The number of nitrogens with zero attached hydrogens (tertiary/aromatic N) is 1. The molecule has 3 amide bonds. The van der Waals surface area contributed by atoms with Crippen molar-refractivity contribution in [2.45, 2.75) is 39.2 Å². The van der Waals surface area contributed by atoms with Crippen molar-refractivity contribution >= 4 is 23.4 Å². The van der Waals surface area contributed by atoms with Gasteiger partial charge in [-0.2, -0.15) is 0 Å². The molecule has 1 saturated heterocycles. The first kappa shape index (κ1) is 22.1. The van der Waals surface area contributed by atoms with Crippen LogP contribution in [0.3, 0.4) is 0 Å². The van der Waals surface area contributed by atoms with Crippen LogP contribution in [0.15, 0.2) is 48.5 Å². The minimum Gasteiger partial charge on any atom is -0.494 e. The lowest BCUT2D eigenvalue weighted by Crippen LogP contribution is -2.47. The molecule has 1 fully saturated rings. The lowest BCUT2D eigenvalue weighted by atomic mass is 10.1. The molecule has 1 aliphatic heterocycles. The van der Waals surface area contributed by atoms with Gasteiger partial charge in [0.1, 0.15) is 11.5 Å².